The lowest BCUT2D eigenvalue weighted by Crippen LogP contribution is -2.15. The van der Waals surface area contributed by atoms with Crippen LogP contribution in [0.15, 0.2) is 42.6 Å². The van der Waals surface area contributed by atoms with Crippen LogP contribution in [-0.2, 0) is 17.6 Å². The van der Waals surface area contributed by atoms with Crippen LogP contribution >= 0.6 is 0 Å². The van der Waals surface area contributed by atoms with E-state index in [0.717, 1.165) is 68.3 Å². The first-order valence-electron chi connectivity index (χ1n) is 12.0. The number of aryl methyl sites for hydroxylation is 2. The molecule has 0 aliphatic carbocycles. The van der Waals surface area contributed by atoms with Crippen LogP contribution in [0.4, 0.5) is 0 Å². The maximum atomic E-state index is 11.7. The minimum Gasteiger partial charge on any atom is -0.493 e. The predicted molar refractivity (Wildman–Crippen MR) is 139 cm³/mol. The van der Waals surface area contributed by atoms with Gasteiger partial charge in [-0.1, -0.05) is 13.0 Å². The highest BCUT2D eigenvalue weighted by atomic mass is 16.5. The molecule has 0 bridgehead atoms. The van der Waals surface area contributed by atoms with E-state index in [2.05, 4.69) is 4.98 Å². The summed E-state index contributed by atoms with van der Waals surface area (Å²) >= 11 is 0. The van der Waals surface area contributed by atoms with Crippen LogP contribution in [0.3, 0.4) is 0 Å². The quantitative estimate of drug-likeness (QED) is 0.390. The minimum absolute atomic E-state index is 0.0512. The maximum Gasteiger partial charge on any atom is 0.307 e. The van der Waals surface area contributed by atoms with E-state index < -0.39 is 11.6 Å². The first-order valence-corrected chi connectivity index (χ1v) is 12.0. The number of nitrogens with zero attached hydrogens (tertiary/aromatic N) is 2. The summed E-state index contributed by atoms with van der Waals surface area (Å²) in [4.78, 5) is 21.1. The summed E-state index contributed by atoms with van der Waals surface area (Å²) in [6.07, 6.45) is 3.44. The van der Waals surface area contributed by atoms with Gasteiger partial charge < -0.3 is 14.9 Å². The number of pyridine rings is 2. The number of ether oxygens (including phenoxy) is 1. The second kappa shape index (κ2) is 9.62. The number of carboxylic acids is 1. The van der Waals surface area contributed by atoms with Gasteiger partial charge in [-0.25, -0.2) is 0 Å². The van der Waals surface area contributed by atoms with Gasteiger partial charge in [-0.2, -0.15) is 0 Å². The molecular weight excluding hydrogens is 440 g/mol. The molecule has 0 amide bonds. The van der Waals surface area contributed by atoms with Crippen molar-refractivity contribution in [2.75, 3.05) is 6.61 Å². The van der Waals surface area contributed by atoms with Crippen LogP contribution in [0.25, 0.3) is 32.9 Å². The fourth-order valence-corrected chi connectivity index (χ4v) is 4.34. The van der Waals surface area contributed by atoms with E-state index in [4.69, 9.17) is 14.8 Å². The third kappa shape index (κ3) is 5.13. The molecule has 1 aliphatic rings. The molecule has 0 radical (unpaired) electrons. The Morgan fingerprint density at radius 2 is 1.89 bits per heavy atom. The van der Waals surface area contributed by atoms with Crippen molar-refractivity contribution in [3.8, 4) is 16.9 Å². The number of hydrogen-bond donors (Lipinski definition) is 2. The van der Waals surface area contributed by atoms with Gasteiger partial charge in [0.1, 0.15) is 5.75 Å². The molecule has 0 fully saturated rings. The molecule has 4 aromatic rings. The molecule has 1 aliphatic heterocycles. The molecule has 6 nitrogen and oxygen atoms in total. The lowest BCUT2D eigenvalue weighted by molar-refractivity contribution is -0.136. The summed E-state index contributed by atoms with van der Waals surface area (Å²) < 4.78 is 5.86. The second-order valence-electron chi connectivity index (χ2n) is 9.71. The third-order valence-corrected chi connectivity index (χ3v) is 6.50. The Morgan fingerprint density at radius 3 is 2.57 bits per heavy atom. The van der Waals surface area contributed by atoms with E-state index in [-0.39, 0.29) is 6.42 Å². The van der Waals surface area contributed by atoms with Gasteiger partial charge >= 0.3 is 5.97 Å². The molecule has 182 valence electrons. The summed E-state index contributed by atoms with van der Waals surface area (Å²) in [7, 11) is 0. The van der Waals surface area contributed by atoms with Crippen LogP contribution in [0.1, 0.15) is 49.6 Å². The monoisotopic (exact) mass is 472 g/mol. The smallest absolute Gasteiger partial charge is 0.307 e. The van der Waals surface area contributed by atoms with Gasteiger partial charge in [0.2, 0.25) is 0 Å². The van der Waals surface area contributed by atoms with Crippen LogP contribution in [0.2, 0.25) is 0 Å². The van der Waals surface area contributed by atoms with Crippen LogP contribution in [-0.4, -0.2) is 38.4 Å². The molecule has 2 N–H and O–H groups in total. The number of aromatic nitrogens is 2. The summed E-state index contributed by atoms with van der Waals surface area (Å²) in [5.74, 6) is -0.0170. The Morgan fingerprint density at radius 1 is 1.14 bits per heavy atom. The maximum absolute atomic E-state index is 11.7. The van der Waals surface area contributed by atoms with Gasteiger partial charge in [0.05, 0.1) is 29.7 Å². The lowest BCUT2D eigenvalue weighted by Gasteiger charge is -2.21. The van der Waals surface area contributed by atoms with Crippen LogP contribution in [0, 0.1) is 13.8 Å². The average molecular weight is 473 g/mol. The summed E-state index contributed by atoms with van der Waals surface area (Å²) in [6, 6.07) is 12.0. The summed E-state index contributed by atoms with van der Waals surface area (Å²) in [5.41, 5.74) is 6.94. The first kappa shape index (κ1) is 24.6. The van der Waals surface area contributed by atoms with Gasteiger partial charge in [0.25, 0.3) is 0 Å². The zero-order chi connectivity index (χ0) is 25.3. The van der Waals surface area contributed by atoms with Crippen LogP contribution < -0.4 is 4.74 Å². The number of hydrogen-bond acceptors (Lipinski definition) is 5. The number of aliphatic hydroxyl groups is 1. The van der Waals surface area contributed by atoms with E-state index in [1.807, 2.05) is 63.4 Å². The van der Waals surface area contributed by atoms with Crippen molar-refractivity contribution < 1.29 is 19.7 Å². The SMILES string of the molecule is CCC(C)(C)O.Cc1ccc2c(-c3ccc4c5c(ccnc35)CCO4)c(CC(=O)O)c(C)cc2n1. The molecular formula is C29H32N2O4. The average Bonchev–Trinajstić information content (AvgIpc) is 2.80. The lowest BCUT2D eigenvalue weighted by atomic mass is 9.88. The molecule has 6 heteroatoms. The van der Waals surface area contributed by atoms with Gasteiger partial charge in [-0.3, -0.25) is 14.8 Å². The summed E-state index contributed by atoms with van der Waals surface area (Å²) in [5, 5.41) is 20.4. The van der Waals surface area contributed by atoms with Gasteiger partial charge in [0, 0.05) is 34.6 Å². The zero-order valence-corrected chi connectivity index (χ0v) is 21.0. The van der Waals surface area contributed by atoms with E-state index in [1.165, 1.54) is 5.56 Å². The van der Waals surface area contributed by atoms with Gasteiger partial charge in [-0.05, 0) is 86.7 Å². The highest BCUT2D eigenvalue weighted by Crippen LogP contribution is 2.42. The molecule has 35 heavy (non-hydrogen) atoms. The van der Waals surface area contributed by atoms with Crippen molar-refractivity contribution in [1.29, 1.82) is 0 Å². The van der Waals surface area contributed by atoms with E-state index in [0.29, 0.717) is 6.61 Å². The van der Waals surface area contributed by atoms with Crippen molar-refractivity contribution in [3.63, 3.8) is 0 Å². The Hall–Kier alpha value is -3.51. The summed E-state index contributed by atoms with van der Waals surface area (Å²) in [6.45, 7) is 10.1. The van der Waals surface area contributed by atoms with E-state index in [9.17, 15) is 9.90 Å². The van der Waals surface area contributed by atoms with Crippen molar-refractivity contribution in [1.82, 2.24) is 9.97 Å². The van der Waals surface area contributed by atoms with Crippen molar-refractivity contribution in [2.24, 2.45) is 0 Å². The van der Waals surface area contributed by atoms with Gasteiger partial charge in [0.15, 0.2) is 0 Å². The molecule has 2 aromatic heterocycles. The number of carboxylic acid groups (broad SMARTS) is 1. The van der Waals surface area contributed by atoms with E-state index in [1.54, 1.807) is 13.8 Å². The van der Waals surface area contributed by atoms with Gasteiger partial charge in [-0.15, -0.1) is 0 Å². The normalized spacial score (nSPS) is 12.7. The molecule has 0 saturated carbocycles. The Bertz CT molecular complexity index is 1410. The molecule has 0 atom stereocenters. The number of fused-ring (bicyclic) bond motifs is 1. The largest absolute Gasteiger partial charge is 0.493 e. The van der Waals surface area contributed by atoms with Crippen LogP contribution in [0.5, 0.6) is 5.75 Å². The minimum atomic E-state index is -0.854. The number of carbonyl (C=O) groups is 1. The van der Waals surface area contributed by atoms with E-state index >= 15 is 0 Å². The fraction of sp³-hybridized carbons (Fsp3) is 0.345. The molecule has 0 saturated heterocycles. The molecule has 3 heterocycles. The van der Waals surface area contributed by atoms with Crippen molar-refractivity contribution in [2.45, 2.75) is 59.5 Å². The highest BCUT2D eigenvalue weighted by molar-refractivity contribution is 6.07. The molecule has 0 unspecified atom stereocenters. The Labute approximate surface area is 205 Å². The number of aliphatic carboxylic acids is 1. The molecule has 5 rings (SSSR count). The first-order chi connectivity index (χ1) is 16.6. The Balaban J connectivity index is 0.000000431. The molecule has 2 aromatic carbocycles. The number of rotatable bonds is 4. The van der Waals surface area contributed by atoms with Crippen molar-refractivity contribution in [3.05, 3.63) is 65.0 Å². The second-order valence-corrected chi connectivity index (χ2v) is 9.71. The topological polar surface area (TPSA) is 92.5 Å². The van der Waals surface area contributed by atoms with Crippen molar-refractivity contribution >= 4 is 27.8 Å². The molecule has 0 spiro atoms. The highest BCUT2D eigenvalue weighted by Gasteiger charge is 2.22. The third-order valence-electron chi connectivity index (χ3n) is 6.50. The standard InChI is InChI=1S/C24H20N2O3.C5H12O/c1-13-11-19-16(4-3-14(2)26-19)23(18(13)12-21(27)28)17-5-6-20-22-15(8-10-29-20)7-9-25-24(17)22;1-4-5(2,3)6/h3-7,9,11H,8,10,12H2,1-2H3,(H,27,28);6H,4H2,1-3H3. The predicted octanol–water partition coefficient (Wildman–Crippen LogP) is 5.80. The fourth-order valence-electron chi connectivity index (χ4n) is 4.34. The Kier molecular flexibility index (Phi) is 6.77. The number of benzene rings is 2. The zero-order valence-electron chi connectivity index (χ0n) is 21.0.